The van der Waals surface area contributed by atoms with Crippen molar-refractivity contribution in [1.29, 1.82) is 5.26 Å². The molecule has 1 aliphatic rings. The van der Waals surface area contributed by atoms with Gasteiger partial charge in [-0.15, -0.1) is 0 Å². The summed E-state index contributed by atoms with van der Waals surface area (Å²) in [4.78, 5) is 12.4. The van der Waals surface area contributed by atoms with Crippen LogP contribution in [-0.2, 0) is 9.53 Å². The van der Waals surface area contributed by atoms with Crippen LogP contribution in [0.4, 0.5) is 0 Å². The van der Waals surface area contributed by atoms with Crippen molar-refractivity contribution in [2.75, 3.05) is 13.2 Å². The van der Waals surface area contributed by atoms with Crippen LogP contribution in [0.1, 0.15) is 31.4 Å². The zero-order chi connectivity index (χ0) is 15.2. The van der Waals surface area contributed by atoms with Crippen LogP contribution in [0.15, 0.2) is 24.3 Å². The van der Waals surface area contributed by atoms with Crippen LogP contribution in [-0.4, -0.2) is 19.1 Å². The van der Waals surface area contributed by atoms with Crippen molar-refractivity contribution in [1.82, 2.24) is 5.32 Å². The summed E-state index contributed by atoms with van der Waals surface area (Å²) in [6, 6.07) is 8.47. The zero-order valence-corrected chi connectivity index (χ0v) is 12.8. The zero-order valence-electron chi connectivity index (χ0n) is 12.0. The summed E-state index contributed by atoms with van der Waals surface area (Å²) < 4.78 is 5.32. The van der Waals surface area contributed by atoms with E-state index in [-0.39, 0.29) is 11.8 Å². The van der Waals surface area contributed by atoms with Gasteiger partial charge in [-0.3, -0.25) is 4.79 Å². The molecular formula is C16H19ClN2O2. The Morgan fingerprint density at radius 1 is 1.43 bits per heavy atom. The number of amides is 1. The van der Waals surface area contributed by atoms with Gasteiger partial charge in [0.2, 0.25) is 5.91 Å². The van der Waals surface area contributed by atoms with Gasteiger partial charge in [0.1, 0.15) is 6.04 Å². The highest BCUT2D eigenvalue weighted by molar-refractivity contribution is 6.31. The molecule has 0 spiro atoms. The van der Waals surface area contributed by atoms with Crippen molar-refractivity contribution in [3.8, 4) is 6.07 Å². The third-order valence-corrected chi connectivity index (χ3v) is 4.36. The number of nitrogens with zero attached hydrogens (tertiary/aromatic N) is 1. The van der Waals surface area contributed by atoms with Crippen LogP contribution in [0, 0.1) is 23.2 Å². The second kappa shape index (κ2) is 7.44. The molecule has 1 saturated heterocycles. The molecule has 0 aliphatic carbocycles. The molecule has 1 N–H and O–H groups in total. The third-order valence-electron chi connectivity index (χ3n) is 4.02. The molecule has 2 atom stereocenters. The minimum Gasteiger partial charge on any atom is -0.381 e. The van der Waals surface area contributed by atoms with E-state index >= 15 is 0 Å². The minimum atomic E-state index is -0.714. The van der Waals surface area contributed by atoms with Gasteiger partial charge in [-0.2, -0.15) is 5.26 Å². The molecule has 112 valence electrons. The van der Waals surface area contributed by atoms with E-state index in [1.807, 2.05) is 6.92 Å². The van der Waals surface area contributed by atoms with Gasteiger partial charge in [-0.05, 0) is 24.8 Å². The lowest BCUT2D eigenvalue weighted by Crippen LogP contribution is -2.37. The van der Waals surface area contributed by atoms with Crippen molar-refractivity contribution in [2.45, 2.75) is 25.8 Å². The SMILES string of the molecule is C[C@@H](C(=O)N[C@H](C#N)c1ccccc1Cl)C1CCOCC1. The van der Waals surface area contributed by atoms with E-state index in [0.717, 1.165) is 12.8 Å². The van der Waals surface area contributed by atoms with Crippen molar-refractivity contribution >= 4 is 17.5 Å². The van der Waals surface area contributed by atoms with Crippen molar-refractivity contribution < 1.29 is 9.53 Å². The standard InChI is InChI=1S/C16H19ClN2O2/c1-11(12-6-8-21-9-7-12)16(20)19-15(10-18)13-4-2-3-5-14(13)17/h2-5,11-12,15H,6-9H2,1H3,(H,19,20)/t11-,15-/m1/s1. The normalized spacial score (nSPS) is 18.5. The molecule has 0 radical (unpaired) electrons. The Morgan fingerprint density at radius 3 is 2.71 bits per heavy atom. The number of rotatable bonds is 4. The van der Waals surface area contributed by atoms with Crippen LogP contribution in [0.5, 0.6) is 0 Å². The van der Waals surface area contributed by atoms with Crippen molar-refractivity contribution in [3.05, 3.63) is 34.9 Å². The topological polar surface area (TPSA) is 62.1 Å². The first kappa shape index (κ1) is 15.8. The molecule has 0 bridgehead atoms. The summed E-state index contributed by atoms with van der Waals surface area (Å²) in [5.41, 5.74) is 0.634. The maximum absolute atomic E-state index is 12.4. The van der Waals surface area contributed by atoms with Crippen LogP contribution in [0.25, 0.3) is 0 Å². The Labute approximate surface area is 130 Å². The average Bonchev–Trinajstić information content (AvgIpc) is 2.53. The Kier molecular flexibility index (Phi) is 5.60. The van der Waals surface area contributed by atoms with Crippen LogP contribution in [0.2, 0.25) is 5.02 Å². The molecule has 5 heteroatoms. The maximum atomic E-state index is 12.4. The van der Waals surface area contributed by atoms with Crippen molar-refractivity contribution in [3.63, 3.8) is 0 Å². The molecule has 1 aromatic rings. The van der Waals surface area contributed by atoms with Gasteiger partial charge >= 0.3 is 0 Å². The van der Waals surface area contributed by atoms with E-state index in [4.69, 9.17) is 16.3 Å². The predicted octanol–water partition coefficient (Wildman–Crippen LogP) is 3.08. The highest BCUT2D eigenvalue weighted by atomic mass is 35.5. The summed E-state index contributed by atoms with van der Waals surface area (Å²) in [6.45, 7) is 3.31. The molecule has 1 aliphatic heterocycles. The van der Waals surface area contributed by atoms with Gasteiger partial charge in [0.05, 0.1) is 6.07 Å². The van der Waals surface area contributed by atoms with E-state index in [1.165, 1.54) is 0 Å². The number of carbonyl (C=O) groups excluding carboxylic acids is 1. The fourth-order valence-electron chi connectivity index (χ4n) is 2.59. The lowest BCUT2D eigenvalue weighted by Gasteiger charge is -2.27. The summed E-state index contributed by atoms with van der Waals surface area (Å²) in [7, 11) is 0. The van der Waals surface area contributed by atoms with E-state index in [2.05, 4.69) is 11.4 Å². The molecule has 21 heavy (non-hydrogen) atoms. The first-order valence-electron chi connectivity index (χ1n) is 7.15. The first-order valence-corrected chi connectivity index (χ1v) is 7.53. The molecule has 2 rings (SSSR count). The maximum Gasteiger partial charge on any atom is 0.224 e. The quantitative estimate of drug-likeness (QED) is 0.930. The highest BCUT2D eigenvalue weighted by Gasteiger charge is 2.28. The molecular weight excluding hydrogens is 288 g/mol. The second-order valence-corrected chi connectivity index (χ2v) is 5.74. The molecule has 4 nitrogen and oxygen atoms in total. The van der Waals surface area contributed by atoms with Gasteiger partial charge in [-0.25, -0.2) is 0 Å². The number of carbonyl (C=O) groups is 1. The Hall–Kier alpha value is -1.57. The molecule has 1 aromatic carbocycles. The van der Waals surface area contributed by atoms with E-state index < -0.39 is 6.04 Å². The number of benzene rings is 1. The third kappa shape index (κ3) is 3.96. The summed E-state index contributed by atoms with van der Waals surface area (Å²) in [5.74, 6) is 0.0740. The summed E-state index contributed by atoms with van der Waals surface area (Å²) >= 11 is 6.09. The smallest absolute Gasteiger partial charge is 0.224 e. The van der Waals surface area contributed by atoms with Gasteiger partial charge in [0.25, 0.3) is 0 Å². The molecule has 0 unspecified atom stereocenters. The second-order valence-electron chi connectivity index (χ2n) is 5.33. The Morgan fingerprint density at radius 2 is 2.10 bits per heavy atom. The number of hydrogen-bond acceptors (Lipinski definition) is 3. The van der Waals surface area contributed by atoms with E-state index in [0.29, 0.717) is 29.7 Å². The molecule has 1 amide bonds. The first-order chi connectivity index (χ1) is 10.1. The van der Waals surface area contributed by atoms with Gasteiger partial charge in [0.15, 0.2) is 0 Å². The Balaban J connectivity index is 2.03. The van der Waals surface area contributed by atoms with Crippen LogP contribution >= 0.6 is 11.6 Å². The fourth-order valence-corrected chi connectivity index (χ4v) is 2.84. The minimum absolute atomic E-state index is 0.103. The highest BCUT2D eigenvalue weighted by Crippen LogP contribution is 2.26. The lowest BCUT2D eigenvalue weighted by molar-refractivity contribution is -0.127. The number of hydrogen-bond donors (Lipinski definition) is 1. The summed E-state index contributed by atoms with van der Waals surface area (Å²) in [6.07, 6.45) is 1.77. The van der Waals surface area contributed by atoms with Crippen LogP contribution in [0.3, 0.4) is 0 Å². The average molecular weight is 307 g/mol. The molecule has 0 saturated carbocycles. The monoisotopic (exact) mass is 306 g/mol. The number of ether oxygens (including phenoxy) is 1. The number of halogens is 1. The fraction of sp³-hybridized carbons (Fsp3) is 0.500. The molecule has 1 heterocycles. The Bertz CT molecular complexity index is 535. The van der Waals surface area contributed by atoms with E-state index in [9.17, 15) is 10.1 Å². The van der Waals surface area contributed by atoms with Gasteiger partial charge in [-0.1, -0.05) is 36.7 Å². The lowest BCUT2D eigenvalue weighted by atomic mass is 9.86. The van der Waals surface area contributed by atoms with Gasteiger partial charge in [0, 0.05) is 29.7 Å². The van der Waals surface area contributed by atoms with Gasteiger partial charge < -0.3 is 10.1 Å². The predicted molar refractivity (Wildman–Crippen MR) is 80.7 cm³/mol. The largest absolute Gasteiger partial charge is 0.381 e. The number of nitrogens with one attached hydrogen (secondary N) is 1. The van der Waals surface area contributed by atoms with E-state index in [1.54, 1.807) is 24.3 Å². The van der Waals surface area contributed by atoms with Crippen molar-refractivity contribution in [2.24, 2.45) is 11.8 Å². The number of nitriles is 1. The molecule has 1 fully saturated rings. The summed E-state index contributed by atoms with van der Waals surface area (Å²) in [5, 5.41) is 12.6. The molecule has 0 aromatic heterocycles. The van der Waals surface area contributed by atoms with Crippen LogP contribution < -0.4 is 5.32 Å².